The van der Waals surface area contributed by atoms with Crippen molar-refractivity contribution in [2.75, 3.05) is 12.8 Å². The summed E-state index contributed by atoms with van der Waals surface area (Å²) in [7, 11) is 1.75. The van der Waals surface area contributed by atoms with E-state index in [1.165, 1.54) is 48.8 Å². The van der Waals surface area contributed by atoms with Gasteiger partial charge >= 0.3 is 33.9 Å². The predicted octanol–water partition coefficient (Wildman–Crippen LogP) is 5.58. The molecule has 1 aliphatic carbocycles. The maximum atomic E-state index is 7.50. The monoisotopic (exact) mass is 453 g/mol. The summed E-state index contributed by atoms with van der Waals surface area (Å²) in [5, 5.41) is 0. The molecule has 5 nitrogen and oxygen atoms in total. The van der Waals surface area contributed by atoms with Gasteiger partial charge in [-0.25, -0.2) is 0 Å². The average Bonchev–Trinajstić information content (AvgIpc) is 2.80. The van der Waals surface area contributed by atoms with E-state index >= 15 is 0 Å². The first-order valence-electron chi connectivity index (χ1n) is 9.59. The van der Waals surface area contributed by atoms with Gasteiger partial charge in [-0.1, -0.05) is 56.9 Å². The summed E-state index contributed by atoms with van der Waals surface area (Å²) in [5.41, 5.74) is 11.3. The summed E-state index contributed by atoms with van der Waals surface area (Å²) >= 11 is 0. The molecule has 0 unspecified atom stereocenters. The Bertz CT molecular complexity index is 691. The van der Waals surface area contributed by atoms with E-state index < -0.39 is 0 Å². The summed E-state index contributed by atoms with van der Waals surface area (Å²) < 4.78 is 28.1. The Kier molecular flexibility index (Phi) is 23.7. The molecule has 0 saturated heterocycles. The first-order chi connectivity index (χ1) is 14.2. The molecule has 164 valence electrons. The van der Waals surface area contributed by atoms with Crippen LogP contribution in [0.25, 0.3) is 0 Å². The van der Waals surface area contributed by atoms with Crippen molar-refractivity contribution in [3.05, 3.63) is 67.0 Å². The Hall–Kier alpha value is -1.96. The number of anilines is 1. The molecule has 0 spiro atoms. The average molecular weight is 453 g/mol. The fourth-order valence-electron chi connectivity index (χ4n) is 3.41. The second-order valence-electron chi connectivity index (χ2n) is 6.50. The molecule has 0 bridgehead atoms. The largest absolute Gasteiger partial charge is 0 e. The Labute approximate surface area is 191 Å². The van der Waals surface area contributed by atoms with Crippen molar-refractivity contribution in [2.24, 2.45) is 0 Å². The Morgan fingerprint density at radius 2 is 1.63 bits per heavy atom. The Morgan fingerprint density at radius 3 is 2.13 bits per heavy atom. The van der Waals surface area contributed by atoms with Gasteiger partial charge in [0.15, 0.2) is 0 Å². The molecule has 1 aromatic rings. The maximum absolute atomic E-state index is 7.50. The van der Waals surface area contributed by atoms with E-state index in [4.69, 9.17) is 24.4 Å². The normalized spacial score (nSPS) is 13.0. The summed E-state index contributed by atoms with van der Waals surface area (Å²) in [6.07, 6.45) is 17.2. The number of nitrogen functional groups attached to an aromatic ring is 1. The number of unbranched alkanes of at least 4 members (excludes halogenated alkanes) is 4. The van der Waals surface area contributed by atoms with E-state index in [2.05, 4.69) is 64.2 Å². The SMILES string of the molecule is CCCCCCCc1c(C)c(OC)cc([C@H]2C=CC=CC2)c1N.[C-]#[O+].[C-]#[O+].[C-]#[O+].[Fe]. The number of hydrogen-bond donors (Lipinski definition) is 1. The van der Waals surface area contributed by atoms with Crippen molar-refractivity contribution in [1.82, 2.24) is 0 Å². The van der Waals surface area contributed by atoms with Crippen molar-refractivity contribution in [1.29, 1.82) is 0 Å². The first kappa shape index (κ1) is 32.7. The van der Waals surface area contributed by atoms with Crippen molar-refractivity contribution in [2.45, 2.75) is 64.7 Å². The van der Waals surface area contributed by atoms with Crippen LogP contribution in [-0.2, 0) is 37.4 Å². The van der Waals surface area contributed by atoms with Gasteiger partial charge in [0.25, 0.3) is 0 Å². The molecule has 30 heavy (non-hydrogen) atoms. The molecule has 2 N–H and O–H groups in total. The van der Waals surface area contributed by atoms with Gasteiger partial charge in [0.05, 0.1) is 7.11 Å². The molecule has 0 radical (unpaired) electrons. The third-order valence-corrected chi connectivity index (χ3v) is 4.88. The van der Waals surface area contributed by atoms with Gasteiger partial charge in [-0.05, 0) is 48.9 Å². The fraction of sp³-hybridized carbons (Fsp3) is 0.458. The predicted molar refractivity (Wildman–Crippen MR) is 112 cm³/mol. The van der Waals surface area contributed by atoms with Crippen LogP contribution >= 0.6 is 0 Å². The van der Waals surface area contributed by atoms with Crippen LogP contribution in [0, 0.1) is 26.9 Å². The molecule has 1 atom stereocenters. The first-order valence-corrected chi connectivity index (χ1v) is 9.59. The molecule has 6 heteroatoms. The van der Waals surface area contributed by atoms with Gasteiger partial charge < -0.3 is 10.5 Å². The number of allylic oxidation sites excluding steroid dienone is 4. The smallest absolute Gasteiger partial charge is 0 e. The van der Waals surface area contributed by atoms with Crippen LogP contribution in [-0.4, -0.2) is 7.11 Å². The quantitative estimate of drug-likeness (QED) is 0.183. The molecule has 1 aliphatic rings. The van der Waals surface area contributed by atoms with Gasteiger partial charge in [-0.3, -0.25) is 0 Å². The van der Waals surface area contributed by atoms with E-state index in [-0.39, 0.29) is 17.1 Å². The molecule has 0 fully saturated rings. The van der Waals surface area contributed by atoms with Crippen LogP contribution in [0.3, 0.4) is 0 Å². The minimum absolute atomic E-state index is 0. The Balaban J connectivity index is -0.000000955. The molecule has 1 aromatic carbocycles. The topological polar surface area (TPSA) is 94.9 Å². The summed E-state index contributed by atoms with van der Waals surface area (Å²) in [5.74, 6) is 1.34. The number of benzene rings is 1. The number of nitrogens with two attached hydrogens (primary N) is 1. The van der Waals surface area contributed by atoms with Crippen molar-refractivity contribution >= 4 is 5.69 Å². The van der Waals surface area contributed by atoms with E-state index in [0.29, 0.717) is 5.92 Å². The van der Waals surface area contributed by atoms with Gasteiger partial charge in [0.1, 0.15) is 5.75 Å². The molecular formula is C24H31FeNO4. The standard InChI is InChI=1S/C21H31NO.3CO.Fe/c1-4-5-6-7-11-14-18-16(2)20(23-3)15-19(21(18)22)17-12-9-8-10-13-17;3*1-2;/h8-10,12,15,17H,4-7,11,13-14,22H2,1-3H3;;;;/t17-;;;;/m0..../s1. The van der Waals surface area contributed by atoms with Crippen LogP contribution < -0.4 is 10.5 Å². The molecule has 0 aromatic heterocycles. The van der Waals surface area contributed by atoms with Crippen molar-refractivity contribution in [3.8, 4) is 5.75 Å². The van der Waals surface area contributed by atoms with Gasteiger partial charge in [0, 0.05) is 28.7 Å². The number of hydrogen-bond acceptors (Lipinski definition) is 2. The van der Waals surface area contributed by atoms with Gasteiger partial charge in [-0.2, -0.15) is 0 Å². The second-order valence-corrected chi connectivity index (χ2v) is 6.50. The molecule has 0 aliphatic heterocycles. The maximum Gasteiger partial charge on any atom is 0 e. The molecule has 0 saturated carbocycles. The fourth-order valence-corrected chi connectivity index (χ4v) is 3.41. The zero-order valence-corrected chi connectivity index (χ0v) is 19.1. The van der Waals surface area contributed by atoms with E-state index in [1.807, 2.05) is 0 Å². The number of methoxy groups -OCH3 is 1. The van der Waals surface area contributed by atoms with E-state index in [0.717, 1.165) is 24.3 Å². The number of rotatable bonds is 8. The zero-order chi connectivity index (χ0) is 22.7. The van der Waals surface area contributed by atoms with Gasteiger partial charge in [0.2, 0.25) is 0 Å². The third kappa shape index (κ3) is 10.7. The molecular weight excluding hydrogens is 422 g/mol. The Morgan fingerprint density at radius 1 is 1.03 bits per heavy atom. The van der Waals surface area contributed by atoms with Crippen molar-refractivity contribution in [3.63, 3.8) is 0 Å². The minimum atomic E-state index is 0. The molecule has 2 rings (SSSR count). The molecule has 0 amide bonds. The summed E-state index contributed by atoms with van der Waals surface area (Å²) in [6.45, 7) is 17.9. The number of ether oxygens (including phenoxy) is 1. The summed E-state index contributed by atoms with van der Waals surface area (Å²) in [4.78, 5) is 0. The van der Waals surface area contributed by atoms with Crippen LogP contribution in [0.15, 0.2) is 30.4 Å². The minimum Gasteiger partial charge on any atom is 0 e. The van der Waals surface area contributed by atoms with E-state index in [9.17, 15) is 0 Å². The van der Waals surface area contributed by atoms with Gasteiger partial charge in [-0.15, -0.1) is 0 Å². The third-order valence-electron chi connectivity index (χ3n) is 4.88. The van der Waals surface area contributed by atoms with Crippen molar-refractivity contribution < 1.29 is 35.8 Å². The van der Waals surface area contributed by atoms with E-state index in [1.54, 1.807) is 7.11 Å². The van der Waals surface area contributed by atoms with Crippen LogP contribution in [0.2, 0.25) is 0 Å². The van der Waals surface area contributed by atoms with Crippen LogP contribution in [0.1, 0.15) is 68.1 Å². The van der Waals surface area contributed by atoms with Crippen LogP contribution in [0.4, 0.5) is 5.69 Å². The zero-order valence-electron chi connectivity index (χ0n) is 18.0. The van der Waals surface area contributed by atoms with Crippen LogP contribution in [0.5, 0.6) is 5.75 Å². The molecule has 0 heterocycles. The summed E-state index contributed by atoms with van der Waals surface area (Å²) in [6, 6.07) is 2.14. The second kappa shape index (κ2) is 21.7.